The minimum atomic E-state index is -4.01. The van der Waals surface area contributed by atoms with Crippen LogP contribution in [0.4, 0.5) is 0 Å². The van der Waals surface area contributed by atoms with Crippen molar-refractivity contribution in [2.45, 2.75) is 188 Å². The van der Waals surface area contributed by atoms with Gasteiger partial charge >= 0.3 is 239 Å². The van der Waals surface area contributed by atoms with Gasteiger partial charge in [0, 0.05) is 0 Å². The molecule has 10 saturated heterocycles. The molecule has 10 aliphatic rings. The molecule has 10 heterocycles. The molecule has 39 heavy (non-hydrogen) atoms. The Bertz CT molecular complexity index is 1650. The van der Waals surface area contributed by atoms with Gasteiger partial charge in [-0.25, -0.2) is 0 Å². The van der Waals surface area contributed by atoms with Gasteiger partial charge in [0.05, 0.1) is 0 Å². The molecule has 0 radical (unpaired) electrons. The van der Waals surface area contributed by atoms with E-state index in [1.54, 1.807) is 12.3 Å². The molecular weight excluding hydrogens is 582 g/mol. The van der Waals surface area contributed by atoms with E-state index < -0.39 is 22.7 Å². The summed E-state index contributed by atoms with van der Waals surface area (Å²) >= 11 is 0. The number of fused-ring (bicyclic) bond motifs is 10. The molecule has 5 atom stereocenters. The Morgan fingerprint density at radius 1 is 0.538 bits per heavy atom. The summed E-state index contributed by atoms with van der Waals surface area (Å²) in [5, 5.41) is 1.91. The van der Waals surface area contributed by atoms with E-state index in [0.29, 0.717) is 20.6 Å². The second-order valence-electron chi connectivity index (χ2n) is 24.5. The zero-order chi connectivity index (χ0) is 29.3. The molecule has 10 rings (SSSR count). The third-order valence-corrected chi connectivity index (χ3v) is 93.9. The average molecular weight is 647 g/mol. The van der Waals surface area contributed by atoms with E-state index in [-0.39, 0.29) is 15.8 Å². The van der Waals surface area contributed by atoms with Crippen molar-refractivity contribution in [3.63, 3.8) is 0 Å². The van der Waals surface area contributed by atoms with Crippen LogP contribution in [0.25, 0.3) is 0 Å². The fourth-order valence-electron chi connectivity index (χ4n) is 27.1. The first kappa shape index (κ1) is 26.1. The zero-order valence-corrected chi connectivity index (χ0v) is 34.0. The van der Waals surface area contributed by atoms with Crippen molar-refractivity contribution in [2.75, 3.05) is 12.3 Å². The fraction of sp³-hybridized carbons (Fsp3) is 1.00. The normalized spacial score (nSPS) is 67.6. The topological polar surface area (TPSA) is 0 Å². The molecule has 0 saturated carbocycles. The Morgan fingerprint density at radius 3 is 1.13 bits per heavy atom. The van der Waals surface area contributed by atoms with E-state index in [4.69, 9.17) is 0 Å². The number of rotatable bonds is 6. The van der Waals surface area contributed by atoms with Crippen LogP contribution in [0.3, 0.4) is 0 Å². The Balaban J connectivity index is 1.32. The predicted octanol–water partition coefficient (Wildman–Crippen LogP) is 12.8. The van der Waals surface area contributed by atoms with Crippen molar-refractivity contribution < 1.29 is 6.51 Å². The molecule has 0 aromatic rings. The molecule has 0 amide bonds. The van der Waals surface area contributed by atoms with E-state index in [1.807, 2.05) is 0 Å². The molecule has 0 aromatic carbocycles. The van der Waals surface area contributed by atoms with Crippen molar-refractivity contribution in [3.8, 4) is 0 Å². The van der Waals surface area contributed by atoms with E-state index in [2.05, 4.69) is 122 Å². The summed E-state index contributed by atoms with van der Waals surface area (Å²) in [5.74, 6) is 0. The van der Waals surface area contributed by atoms with Gasteiger partial charge in [0.15, 0.2) is 0 Å². The van der Waals surface area contributed by atoms with Crippen LogP contribution in [0.1, 0.15) is 83.1 Å². The molecule has 5 heteroatoms. The third kappa shape index (κ3) is 0.597. The number of hydrogen-bond donors (Lipinski definition) is 0. The van der Waals surface area contributed by atoms with Crippen LogP contribution in [-0.4, -0.2) is 49.1 Å². The fourth-order valence-corrected chi connectivity index (χ4v) is 177. The standard InChI is InChI=1S/C29H59P2Si2.C5H5.Fe/c1-26(2,3)30(27(4,5)6)20-22-19-24(32(13,14)15)25(33(16,17)18)23(22)21-31(28(7,8)9)29(10,11)12;1-2-4-5-3-1;/h19H,20-21H2,1-18H3;1-5H;. The van der Waals surface area contributed by atoms with E-state index in [9.17, 15) is 0 Å². The van der Waals surface area contributed by atoms with E-state index >= 15 is 0 Å². The molecule has 0 bridgehead atoms. The first-order chi connectivity index (χ1) is 16.9. The first-order valence-electron chi connectivity index (χ1n) is 16.7. The van der Waals surface area contributed by atoms with Crippen LogP contribution >= 0.6 is 15.8 Å². The van der Waals surface area contributed by atoms with Crippen LogP contribution in [0.15, 0.2) is 0 Å². The third-order valence-electron chi connectivity index (χ3n) is 21.9. The molecule has 0 aliphatic carbocycles. The SMILES string of the molecule is CC(C)(C)P(C[C]12[CH]3[C]4([Si](C)(C)C)[C]5([Si](C)(C)C)[C]1(CP(C(C)(C)C)C(C)(C)C)[Fe]32451678[CH]2[CH]1[CH]6[CH]7[CH]28)C(C)(C)C. The molecule has 226 valence electrons. The Kier molecular flexibility index (Phi) is 2.27. The second-order valence-corrected chi connectivity index (χ2v) is 66.5. The van der Waals surface area contributed by atoms with Crippen LogP contribution in [0, 0.1) is 0 Å². The monoisotopic (exact) mass is 646 g/mol. The van der Waals surface area contributed by atoms with Gasteiger partial charge in [0.25, 0.3) is 0 Å². The van der Waals surface area contributed by atoms with Gasteiger partial charge in [-0.1, -0.05) is 0 Å². The molecule has 0 aromatic heterocycles. The molecule has 10 fully saturated rings. The van der Waals surface area contributed by atoms with Crippen molar-refractivity contribution in [1.82, 2.24) is 0 Å². The van der Waals surface area contributed by atoms with E-state index in [1.165, 1.54) is 28.9 Å². The van der Waals surface area contributed by atoms with Crippen LogP contribution < -0.4 is 0 Å². The summed E-state index contributed by atoms with van der Waals surface area (Å²) < 4.78 is 3.91. The summed E-state index contributed by atoms with van der Waals surface area (Å²) in [6.45, 7) is 45.9. The summed E-state index contributed by atoms with van der Waals surface area (Å²) in [4.78, 5) is 8.35. The van der Waals surface area contributed by atoms with Crippen LogP contribution in [0.5, 0.6) is 0 Å². The summed E-state index contributed by atoms with van der Waals surface area (Å²) in [5.41, 5.74) is 0. The summed E-state index contributed by atoms with van der Waals surface area (Å²) in [7, 11) is -2.72. The van der Waals surface area contributed by atoms with Gasteiger partial charge in [-0.15, -0.1) is 0 Å². The van der Waals surface area contributed by atoms with Gasteiger partial charge < -0.3 is 0 Å². The van der Waals surface area contributed by atoms with Gasteiger partial charge in [-0.2, -0.15) is 0 Å². The van der Waals surface area contributed by atoms with Gasteiger partial charge in [0.2, 0.25) is 0 Å². The molecule has 0 N–H and O–H groups in total. The average Bonchev–Trinajstić information content (AvgIpc) is 3.58. The zero-order valence-electron chi connectivity index (χ0n) is 29.1. The maximum atomic E-state index is 2.98. The summed E-state index contributed by atoms with van der Waals surface area (Å²) in [6.07, 6.45) is 3.51. The molecule has 1 spiro atoms. The second kappa shape index (κ2) is 3.40. The predicted molar refractivity (Wildman–Crippen MR) is 183 cm³/mol. The molecule has 5 unspecified atom stereocenters. The summed E-state index contributed by atoms with van der Waals surface area (Å²) in [6, 6.07) is 0. The van der Waals surface area contributed by atoms with Crippen LogP contribution in [0.2, 0.25) is 84.7 Å². The van der Waals surface area contributed by atoms with Crippen molar-refractivity contribution in [3.05, 3.63) is 0 Å². The Labute approximate surface area is 238 Å². The van der Waals surface area contributed by atoms with Gasteiger partial charge in [-0.05, 0) is 0 Å². The van der Waals surface area contributed by atoms with Crippen LogP contribution in [-0.2, 0) is 6.51 Å². The molecule has 10 aliphatic heterocycles. The Morgan fingerprint density at radius 2 is 0.872 bits per heavy atom. The minimum absolute atomic E-state index is 0.00526. The maximum absolute atomic E-state index is 4.01. The number of hydrogen-bond acceptors (Lipinski definition) is 0. The van der Waals surface area contributed by atoms with Crippen molar-refractivity contribution >= 4 is 32.0 Å². The van der Waals surface area contributed by atoms with E-state index in [0.717, 1.165) is 16.5 Å². The quantitative estimate of drug-likeness (QED) is 0.199. The van der Waals surface area contributed by atoms with Gasteiger partial charge in [0.1, 0.15) is 0 Å². The van der Waals surface area contributed by atoms with Gasteiger partial charge in [-0.3, -0.25) is 0 Å². The Hall–Kier alpha value is 1.81. The molecular formula is C34H64FeP2Si2. The first-order valence-corrected chi connectivity index (χ1v) is 32.7. The molecule has 0 nitrogen and oxygen atoms in total. The van der Waals surface area contributed by atoms with Crippen molar-refractivity contribution in [2.24, 2.45) is 0 Å². The van der Waals surface area contributed by atoms with Crippen molar-refractivity contribution in [1.29, 1.82) is 0 Å².